The Morgan fingerprint density at radius 3 is 2.48 bits per heavy atom. The summed E-state index contributed by atoms with van der Waals surface area (Å²) in [5.74, 6) is -0.254. The molecule has 1 aliphatic rings. The Bertz CT molecular complexity index is 783. The van der Waals surface area contributed by atoms with Crippen LogP contribution in [0, 0.1) is 0 Å². The average Bonchev–Trinajstić information content (AvgIpc) is 3.29. The molecule has 1 aromatic heterocycles. The van der Waals surface area contributed by atoms with Crippen molar-refractivity contribution < 1.29 is 13.2 Å². The minimum Gasteiger partial charge on any atom is -0.352 e. The van der Waals surface area contributed by atoms with Gasteiger partial charge in [0.1, 0.15) is 10.3 Å². The lowest BCUT2D eigenvalue weighted by molar-refractivity contribution is -0.123. The third-order valence-electron chi connectivity index (χ3n) is 4.36. The zero-order valence-electron chi connectivity index (χ0n) is 13.9. The van der Waals surface area contributed by atoms with Gasteiger partial charge in [0.05, 0.1) is 0 Å². The van der Waals surface area contributed by atoms with E-state index in [0.29, 0.717) is 6.42 Å². The second kappa shape index (κ2) is 8.12. The van der Waals surface area contributed by atoms with Crippen LogP contribution in [0.2, 0.25) is 0 Å². The van der Waals surface area contributed by atoms with Gasteiger partial charge < -0.3 is 5.32 Å². The number of nitrogens with one attached hydrogen (secondary N) is 2. The maximum Gasteiger partial charge on any atom is 0.250 e. The number of benzene rings is 1. The summed E-state index contributed by atoms with van der Waals surface area (Å²) in [5.41, 5.74) is 0.919. The Labute approximate surface area is 152 Å². The fourth-order valence-electron chi connectivity index (χ4n) is 3.07. The average molecular weight is 379 g/mol. The molecule has 0 bridgehead atoms. The van der Waals surface area contributed by atoms with E-state index in [2.05, 4.69) is 10.0 Å². The highest BCUT2D eigenvalue weighted by molar-refractivity contribution is 7.91. The van der Waals surface area contributed by atoms with E-state index >= 15 is 0 Å². The molecule has 134 valence electrons. The van der Waals surface area contributed by atoms with Crippen molar-refractivity contribution in [2.24, 2.45) is 0 Å². The molecule has 0 radical (unpaired) electrons. The quantitative estimate of drug-likeness (QED) is 0.778. The number of sulfonamides is 1. The third-order valence-corrected chi connectivity index (χ3v) is 7.23. The summed E-state index contributed by atoms with van der Waals surface area (Å²) < 4.78 is 27.9. The van der Waals surface area contributed by atoms with Crippen LogP contribution in [-0.2, 0) is 21.2 Å². The minimum atomic E-state index is -3.71. The van der Waals surface area contributed by atoms with Gasteiger partial charge in [-0.2, -0.15) is 4.72 Å². The number of rotatable bonds is 7. The maximum atomic E-state index is 12.7. The number of amides is 1. The Balaban J connectivity index is 1.77. The van der Waals surface area contributed by atoms with Crippen LogP contribution >= 0.6 is 11.3 Å². The van der Waals surface area contributed by atoms with Gasteiger partial charge in [0.25, 0.3) is 10.0 Å². The molecule has 3 rings (SSSR count). The molecule has 0 aliphatic heterocycles. The topological polar surface area (TPSA) is 75.3 Å². The number of hydrogen-bond acceptors (Lipinski definition) is 4. The van der Waals surface area contributed by atoms with Crippen LogP contribution in [0.3, 0.4) is 0 Å². The van der Waals surface area contributed by atoms with Gasteiger partial charge in [-0.3, -0.25) is 4.79 Å². The van der Waals surface area contributed by atoms with Crippen LogP contribution in [0.5, 0.6) is 0 Å². The van der Waals surface area contributed by atoms with Crippen molar-refractivity contribution in [2.75, 3.05) is 0 Å². The molecule has 5 nitrogen and oxygen atoms in total. The SMILES string of the molecule is O=C(NC1CCCC1)C(Cc1ccccc1)NS(=O)(=O)c1cccs1. The van der Waals surface area contributed by atoms with Gasteiger partial charge in [0, 0.05) is 6.04 Å². The van der Waals surface area contributed by atoms with E-state index in [1.54, 1.807) is 17.5 Å². The molecule has 0 saturated heterocycles. The van der Waals surface area contributed by atoms with Crippen LogP contribution in [0.1, 0.15) is 31.2 Å². The van der Waals surface area contributed by atoms with E-state index in [-0.39, 0.29) is 16.2 Å². The molecule has 25 heavy (non-hydrogen) atoms. The molecular weight excluding hydrogens is 356 g/mol. The van der Waals surface area contributed by atoms with Crippen molar-refractivity contribution in [3.63, 3.8) is 0 Å². The first-order valence-electron chi connectivity index (χ1n) is 8.45. The number of carbonyl (C=O) groups is 1. The Kier molecular flexibility index (Phi) is 5.88. The van der Waals surface area contributed by atoms with E-state index in [1.165, 1.54) is 0 Å². The molecule has 2 aromatic rings. The van der Waals surface area contributed by atoms with Crippen molar-refractivity contribution >= 4 is 27.3 Å². The van der Waals surface area contributed by atoms with Crippen molar-refractivity contribution in [1.82, 2.24) is 10.0 Å². The first kappa shape index (κ1) is 18.1. The maximum absolute atomic E-state index is 12.7. The molecule has 7 heteroatoms. The largest absolute Gasteiger partial charge is 0.352 e. The molecule has 2 N–H and O–H groups in total. The minimum absolute atomic E-state index is 0.150. The highest BCUT2D eigenvalue weighted by Crippen LogP contribution is 2.19. The standard InChI is InChI=1S/C18H22N2O3S2/c21-18(19-15-9-4-5-10-15)16(13-14-7-2-1-3-8-14)20-25(22,23)17-11-6-12-24-17/h1-3,6-8,11-12,15-16,20H,4-5,9-10,13H2,(H,19,21). The number of hydrogen-bond donors (Lipinski definition) is 2. The van der Waals surface area contributed by atoms with Gasteiger partial charge >= 0.3 is 0 Å². The fraction of sp³-hybridized carbons (Fsp3) is 0.389. The van der Waals surface area contributed by atoms with E-state index in [0.717, 1.165) is 42.6 Å². The lowest BCUT2D eigenvalue weighted by Gasteiger charge is -2.21. The highest BCUT2D eigenvalue weighted by Gasteiger charge is 2.28. The Morgan fingerprint density at radius 1 is 1.12 bits per heavy atom. The van der Waals surface area contributed by atoms with Crippen LogP contribution in [0.25, 0.3) is 0 Å². The molecule has 0 spiro atoms. The molecule has 1 heterocycles. The van der Waals surface area contributed by atoms with Gasteiger partial charge in [0.15, 0.2) is 0 Å². The van der Waals surface area contributed by atoms with Gasteiger partial charge in [-0.15, -0.1) is 11.3 Å². The lowest BCUT2D eigenvalue weighted by atomic mass is 10.1. The van der Waals surface area contributed by atoms with Crippen molar-refractivity contribution in [3.05, 3.63) is 53.4 Å². The summed E-state index contributed by atoms with van der Waals surface area (Å²) in [7, 11) is -3.71. The van der Waals surface area contributed by atoms with Gasteiger partial charge in [-0.25, -0.2) is 8.42 Å². The molecule has 1 aliphatic carbocycles. The van der Waals surface area contributed by atoms with E-state index in [4.69, 9.17) is 0 Å². The van der Waals surface area contributed by atoms with Crippen LogP contribution < -0.4 is 10.0 Å². The molecule has 1 saturated carbocycles. The predicted molar refractivity (Wildman–Crippen MR) is 99.0 cm³/mol. The van der Waals surface area contributed by atoms with Crippen molar-refractivity contribution in [2.45, 2.75) is 48.4 Å². The van der Waals surface area contributed by atoms with Crippen LogP contribution in [0.4, 0.5) is 0 Å². The Morgan fingerprint density at radius 2 is 1.84 bits per heavy atom. The number of thiophene rings is 1. The first-order valence-corrected chi connectivity index (χ1v) is 10.8. The molecule has 1 atom stereocenters. The van der Waals surface area contributed by atoms with Crippen LogP contribution in [0.15, 0.2) is 52.1 Å². The van der Waals surface area contributed by atoms with E-state index in [9.17, 15) is 13.2 Å². The predicted octanol–water partition coefficient (Wildman–Crippen LogP) is 2.70. The smallest absolute Gasteiger partial charge is 0.250 e. The molecular formula is C18H22N2O3S2. The van der Waals surface area contributed by atoms with Crippen molar-refractivity contribution in [3.8, 4) is 0 Å². The van der Waals surface area contributed by atoms with Crippen molar-refractivity contribution in [1.29, 1.82) is 0 Å². The van der Waals surface area contributed by atoms with Gasteiger partial charge in [-0.1, -0.05) is 49.2 Å². The van der Waals surface area contributed by atoms with E-state index < -0.39 is 16.1 Å². The molecule has 1 fully saturated rings. The summed E-state index contributed by atoms with van der Waals surface area (Å²) in [6.45, 7) is 0. The normalized spacial score (nSPS) is 16.6. The molecule has 1 amide bonds. The summed E-state index contributed by atoms with van der Waals surface area (Å²) in [6.07, 6.45) is 4.46. The highest BCUT2D eigenvalue weighted by atomic mass is 32.2. The van der Waals surface area contributed by atoms with Crippen LogP contribution in [-0.4, -0.2) is 26.4 Å². The first-order chi connectivity index (χ1) is 12.0. The van der Waals surface area contributed by atoms with Gasteiger partial charge in [0.2, 0.25) is 5.91 Å². The zero-order valence-corrected chi connectivity index (χ0v) is 15.5. The van der Waals surface area contributed by atoms with Gasteiger partial charge in [-0.05, 0) is 36.3 Å². The summed E-state index contributed by atoms with van der Waals surface area (Å²) in [5, 5.41) is 4.71. The monoisotopic (exact) mass is 378 g/mol. The molecule has 1 unspecified atom stereocenters. The Hall–Kier alpha value is -1.70. The lowest BCUT2D eigenvalue weighted by Crippen LogP contribution is -2.50. The third kappa shape index (κ3) is 4.90. The summed E-state index contributed by atoms with van der Waals surface area (Å²) in [6, 6.07) is 12.0. The second-order valence-electron chi connectivity index (χ2n) is 6.29. The molecule has 1 aromatic carbocycles. The second-order valence-corrected chi connectivity index (χ2v) is 9.17. The van der Waals surface area contributed by atoms with E-state index in [1.807, 2.05) is 30.3 Å². The number of carbonyl (C=O) groups excluding carboxylic acids is 1. The fourth-order valence-corrected chi connectivity index (χ4v) is 5.28. The summed E-state index contributed by atoms with van der Waals surface area (Å²) in [4.78, 5) is 12.7. The summed E-state index contributed by atoms with van der Waals surface area (Å²) >= 11 is 1.14. The zero-order chi connectivity index (χ0) is 17.7.